The van der Waals surface area contributed by atoms with E-state index in [0.29, 0.717) is 5.41 Å². The molecule has 2 nitrogen and oxygen atoms in total. The standard InChI is InChI=1S/C14H25BrN2/c1-12-8-16-7-3-2-4-13(16)9-17(12)11-14(10-15)5-6-14/h12-13H,2-11H2,1H3. The molecule has 98 valence electrons. The van der Waals surface area contributed by atoms with Gasteiger partial charge < -0.3 is 0 Å². The zero-order chi connectivity index (χ0) is 11.9. The summed E-state index contributed by atoms with van der Waals surface area (Å²) < 4.78 is 0. The van der Waals surface area contributed by atoms with Crippen LogP contribution in [-0.4, -0.2) is 53.4 Å². The molecule has 0 radical (unpaired) electrons. The van der Waals surface area contributed by atoms with Crippen molar-refractivity contribution in [2.45, 2.75) is 51.1 Å². The quantitative estimate of drug-likeness (QED) is 0.740. The van der Waals surface area contributed by atoms with Crippen LogP contribution in [0.15, 0.2) is 0 Å². The van der Waals surface area contributed by atoms with E-state index in [2.05, 4.69) is 32.7 Å². The first-order valence-electron chi connectivity index (χ1n) is 7.26. The average molecular weight is 301 g/mol. The summed E-state index contributed by atoms with van der Waals surface area (Å²) >= 11 is 3.71. The normalized spacial score (nSPS) is 37.8. The number of hydrogen-bond donors (Lipinski definition) is 0. The first-order valence-corrected chi connectivity index (χ1v) is 8.39. The summed E-state index contributed by atoms with van der Waals surface area (Å²) in [5.74, 6) is 0. The number of alkyl halides is 1. The molecular formula is C14H25BrN2. The first kappa shape index (κ1) is 12.4. The zero-order valence-electron chi connectivity index (χ0n) is 11.0. The van der Waals surface area contributed by atoms with Crippen LogP contribution in [0.25, 0.3) is 0 Å². The van der Waals surface area contributed by atoms with Crippen LogP contribution in [0, 0.1) is 5.41 Å². The molecule has 1 saturated carbocycles. The minimum atomic E-state index is 0.644. The van der Waals surface area contributed by atoms with Gasteiger partial charge in [0.15, 0.2) is 0 Å². The highest BCUT2D eigenvalue weighted by Gasteiger charge is 2.45. The molecule has 2 unspecified atom stereocenters. The van der Waals surface area contributed by atoms with Gasteiger partial charge in [0.2, 0.25) is 0 Å². The van der Waals surface area contributed by atoms with Gasteiger partial charge in [-0.3, -0.25) is 9.80 Å². The Labute approximate surface area is 114 Å². The van der Waals surface area contributed by atoms with Gasteiger partial charge in [-0.15, -0.1) is 0 Å². The minimum absolute atomic E-state index is 0.644. The van der Waals surface area contributed by atoms with Crippen LogP contribution in [0.5, 0.6) is 0 Å². The average Bonchev–Trinajstić information content (AvgIpc) is 3.11. The lowest BCUT2D eigenvalue weighted by molar-refractivity contribution is 0.00719. The molecule has 3 aliphatic rings. The smallest absolute Gasteiger partial charge is 0.0223 e. The van der Waals surface area contributed by atoms with E-state index in [1.165, 1.54) is 63.6 Å². The molecule has 0 aromatic heterocycles. The predicted molar refractivity (Wildman–Crippen MR) is 75.7 cm³/mol. The van der Waals surface area contributed by atoms with Crippen LogP contribution in [0.3, 0.4) is 0 Å². The minimum Gasteiger partial charge on any atom is -0.298 e. The molecule has 0 aromatic carbocycles. The Hall–Kier alpha value is 0.400. The van der Waals surface area contributed by atoms with E-state index in [1.54, 1.807) is 0 Å². The fourth-order valence-corrected chi connectivity index (χ4v) is 4.31. The molecule has 0 aromatic rings. The van der Waals surface area contributed by atoms with Gasteiger partial charge in [-0.25, -0.2) is 0 Å². The number of piperazine rings is 1. The lowest BCUT2D eigenvalue weighted by Crippen LogP contribution is -2.59. The molecule has 3 fully saturated rings. The summed E-state index contributed by atoms with van der Waals surface area (Å²) in [5, 5.41) is 1.21. The molecule has 0 spiro atoms. The topological polar surface area (TPSA) is 6.48 Å². The molecule has 2 aliphatic heterocycles. The van der Waals surface area contributed by atoms with E-state index in [1.807, 2.05) is 0 Å². The lowest BCUT2D eigenvalue weighted by atomic mass is 9.96. The van der Waals surface area contributed by atoms with Crippen molar-refractivity contribution in [3.63, 3.8) is 0 Å². The molecular weight excluding hydrogens is 276 g/mol. The predicted octanol–water partition coefficient (Wildman–Crippen LogP) is 2.72. The van der Waals surface area contributed by atoms with Gasteiger partial charge in [-0.1, -0.05) is 22.4 Å². The second-order valence-electron chi connectivity index (χ2n) is 6.56. The highest BCUT2D eigenvalue weighted by Crippen LogP contribution is 2.48. The van der Waals surface area contributed by atoms with Crippen molar-refractivity contribution in [2.75, 3.05) is 31.5 Å². The highest BCUT2D eigenvalue weighted by molar-refractivity contribution is 9.09. The number of halogens is 1. The molecule has 2 heterocycles. The molecule has 3 heteroatoms. The molecule has 1 aliphatic carbocycles. The third kappa shape index (κ3) is 2.57. The van der Waals surface area contributed by atoms with Crippen molar-refractivity contribution in [2.24, 2.45) is 5.41 Å². The second-order valence-corrected chi connectivity index (χ2v) is 7.12. The Morgan fingerprint density at radius 2 is 2.06 bits per heavy atom. The highest BCUT2D eigenvalue weighted by atomic mass is 79.9. The third-order valence-electron chi connectivity index (χ3n) is 5.10. The van der Waals surface area contributed by atoms with Crippen LogP contribution >= 0.6 is 15.9 Å². The van der Waals surface area contributed by atoms with Crippen molar-refractivity contribution in [1.29, 1.82) is 0 Å². The molecule has 0 amide bonds. The van der Waals surface area contributed by atoms with Gasteiger partial charge in [-0.05, 0) is 44.6 Å². The Balaban J connectivity index is 1.61. The van der Waals surface area contributed by atoms with Gasteiger partial charge >= 0.3 is 0 Å². The Morgan fingerprint density at radius 1 is 1.24 bits per heavy atom. The molecule has 0 bridgehead atoms. The third-order valence-corrected chi connectivity index (χ3v) is 6.28. The largest absolute Gasteiger partial charge is 0.298 e. The van der Waals surface area contributed by atoms with E-state index in [4.69, 9.17) is 0 Å². The fraction of sp³-hybridized carbons (Fsp3) is 1.00. The monoisotopic (exact) mass is 300 g/mol. The summed E-state index contributed by atoms with van der Waals surface area (Å²) in [5.41, 5.74) is 0.644. The number of piperidine rings is 1. The summed E-state index contributed by atoms with van der Waals surface area (Å²) in [6.45, 7) is 7.75. The summed E-state index contributed by atoms with van der Waals surface area (Å²) in [6.07, 6.45) is 7.19. The Morgan fingerprint density at radius 3 is 2.76 bits per heavy atom. The number of rotatable bonds is 3. The first-order chi connectivity index (χ1) is 8.22. The van der Waals surface area contributed by atoms with Crippen molar-refractivity contribution < 1.29 is 0 Å². The van der Waals surface area contributed by atoms with Gasteiger partial charge in [0.25, 0.3) is 0 Å². The number of fused-ring (bicyclic) bond motifs is 1. The number of hydrogen-bond acceptors (Lipinski definition) is 2. The number of nitrogens with zero attached hydrogens (tertiary/aromatic N) is 2. The molecule has 2 atom stereocenters. The zero-order valence-corrected chi connectivity index (χ0v) is 12.6. The fourth-order valence-electron chi connectivity index (χ4n) is 3.57. The van der Waals surface area contributed by atoms with Crippen LogP contribution in [-0.2, 0) is 0 Å². The molecule has 0 N–H and O–H groups in total. The van der Waals surface area contributed by atoms with E-state index < -0.39 is 0 Å². The van der Waals surface area contributed by atoms with Crippen LogP contribution < -0.4 is 0 Å². The maximum atomic E-state index is 3.71. The molecule has 17 heavy (non-hydrogen) atoms. The van der Waals surface area contributed by atoms with Crippen molar-refractivity contribution in [3.05, 3.63) is 0 Å². The van der Waals surface area contributed by atoms with Gasteiger partial charge in [0.05, 0.1) is 0 Å². The lowest BCUT2D eigenvalue weighted by Gasteiger charge is -2.48. The maximum absolute atomic E-state index is 3.71. The van der Waals surface area contributed by atoms with Gasteiger partial charge in [0.1, 0.15) is 0 Å². The van der Waals surface area contributed by atoms with E-state index in [-0.39, 0.29) is 0 Å². The summed E-state index contributed by atoms with van der Waals surface area (Å²) in [6, 6.07) is 1.63. The molecule has 2 saturated heterocycles. The van der Waals surface area contributed by atoms with Gasteiger partial charge in [0, 0.05) is 37.0 Å². The van der Waals surface area contributed by atoms with E-state index in [9.17, 15) is 0 Å². The van der Waals surface area contributed by atoms with Crippen LogP contribution in [0.4, 0.5) is 0 Å². The van der Waals surface area contributed by atoms with E-state index >= 15 is 0 Å². The second kappa shape index (κ2) is 4.82. The van der Waals surface area contributed by atoms with Crippen molar-refractivity contribution in [1.82, 2.24) is 9.80 Å². The van der Waals surface area contributed by atoms with Crippen molar-refractivity contribution >= 4 is 15.9 Å². The van der Waals surface area contributed by atoms with Gasteiger partial charge in [-0.2, -0.15) is 0 Å². The maximum Gasteiger partial charge on any atom is 0.0223 e. The Kier molecular flexibility index (Phi) is 3.53. The van der Waals surface area contributed by atoms with Crippen molar-refractivity contribution in [3.8, 4) is 0 Å². The summed E-state index contributed by atoms with van der Waals surface area (Å²) in [4.78, 5) is 5.53. The Bertz CT molecular complexity index is 277. The SMILES string of the molecule is CC1CN2CCCCC2CN1CC1(CBr)CC1. The van der Waals surface area contributed by atoms with Crippen LogP contribution in [0.2, 0.25) is 0 Å². The molecule has 3 rings (SSSR count). The van der Waals surface area contributed by atoms with E-state index in [0.717, 1.165) is 12.1 Å². The summed E-state index contributed by atoms with van der Waals surface area (Å²) in [7, 11) is 0. The van der Waals surface area contributed by atoms with Crippen LogP contribution in [0.1, 0.15) is 39.0 Å².